The number of aromatic carboxylic acids is 1. The van der Waals surface area contributed by atoms with Crippen molar-refractivity contribution in [2.24, 2.45) is 0 Å². The summed E-state index contributed by atoms with van der Waals surface area (Å²) in [5.74, 6) is -1.36. The third kappa shape index (κ3) is 3.02. The van der Waals surface area contributed by atoms with Gasteiger partial charge in [-0.3, -0.25) is 4.79 Å². The van der Waals surface area contributed by atoms with Crippen LogP contribution in [0, 0.1) is 6.92 Å². The Hall–Kier alpha value is -1.66. The molecule has 0 aliphatic heterocycles. The summed E-state index contributed by atoms with van der Waals surface area (Å²) < 4.78 is 0.798. The fourth-order valence-electron chi connectivity index (χ4n) is 1.60. The second kappa shape index (κ2) is 5.54. The van der Waals surface area contributed by atoms with E-state index < -0.39 is 5.97 Å². The molecule has 1 aromatic heterocycles. The van der Waals surface area contributed by atoms with E-state index in [0.717, 1.165) is 21.4 Å². The van der Waals surface area contributed by atoms with Crippen LogP contribution in [0.2, 0.25) is 0 Å². The minimum Gasteiger partial charge on any atom is -0.477 e. The molecular weight excluding hydrogens is 330 g/mol. The summed E-state index contributed by atoms with van der Waals surface area (Å²) in [6.45, 7) is 1.83. The van der Waals surface area contributed by atoms with Gasteiger partial charge in [0.05, 0.1) is 5.69 Å². The van der Waals surface area contributed by atoms with Gasteiger partial charge in [-0.05, 0) is 36.1 Å². The predicted octanol–water partition coefficient (Wildman–Crippen LogP) is 3.77. The Balaban J connectivity index is 2.28. The Kier molecular flexibility index (Phi) is 4.01. The molecule has 0 radical (unpaired) electrons. The number of hydrogen-bond acceptors (Lipinski definition) is 3. The summed E-state index contributed by atoms with van der Waals surface area (Å²) in [6.07, 6.45) is 0. The van der Waals surface area contributed by atoms with E-state index in [-0.39, 0.29) is 10.8 Å². The van der Waals surface area contributed by atoms with Gasteiger partial charge in [0, 0.05) is 10.0 Å². The summed E-state index contributed by atoms with van der Waals surface area (Å²) in [6, 6.07) is 6.96. The number of aryl methyl sites for hydroxylation is 1. The third-order valence-electron chi connectivity index (χ3n) is 2.55. The van der Waals surface area contributed by atoms with Crippen LogP contribution in [0.1, 0.15) is 25.6 Å². The number of hydrogen-bond donors (Lipinski definition) is 2. The first-order valence-electron chi connectivity index (χ1n) is 5.37. The second-order valence-electron chi connectivity index (χ2n) is 3.88. The molecule has 2 N–H and O–H groups in total. The average Bonchev–Trinajstić information content (AvgIpc) is 2.80. The Labute approximate surface area is 122 Å². The van der Waals surface area contributed by atoms with Crippen molar-refractivity contribution < 1.29 is 14.7 Å². The molecule has 6 heteroatoms. The van der Waals surface area contributed by atoms with Crippen LogP contribution < -0.4 is 5.32 Å². The lowest BCUT2D eigenvalue weighted by Crippen LogP contribution is -2.14. The smallest absolute Gasteiger partial charge is 0.348 e. The Bertz CT molecular complexity index is 651. The highest BCUT2D eigenvalue weighted by Gasteiger charge is 2.16. The fraction of sp³-hybridized carbons (Fsp3) is 0.0769. The Morgan fingerprint density at radius 3 is 2.74 bits per heavy atom. The van der Waals surface area contributed by atoms with Crippen molar-refractivity contribution in [1.82, 2.24) is 0 Å². The lowest BCUT2D eigenvalue weighted by Gasteiger charge is -2.07. The highest BCUT2D eigenvalue weighted by atomic mass is 79.9. The van der Waals surface area contributed by atoms with Crippen molar-refractivity contribution in [2.45, 2.75) is 6.92 Å². The monoisotopic (exact) mass is 339 g/mol. The van der Waals surface area contributed by atoms with Crippen LogP contribution in [0.25, 0.3) is 0 Å². The summed E-state index contributed by atoms with van der Waals surface area (Å²) in [5, 5.41) is 13.2. The van der Waals surface area contributed by atoms with Crippen molar-refractivity contribution >= 4 is 44.8 Å². The van der Waals surface area contributed by atoms with Crippen LogP contribution in [-0.2, 0) is 0 Å². The highest BCUT2D eigenvalue weighted by Crippen LogP contribution is 2.24. The van der Waals surface area contributed by atoms with Gasteiger partial charge in [-0.1, -0.05) is 22.0 Å². The molecule has 1 heterocycles. The third-order valence-corrected chi connectivity index (χ3v) is 3.95. The van der Waals surface area contributed by atoms with Crippen LogP contribution in [0.15, 0.2) is 34.1 Å². The predicted molar refractivity (Wildman–Crippen MR) is 78.1 cm³/mol. The number of carbonyl (C=O) groups excluding carboxylic acids is 1. The van der Waals surface area contributed by atoms with Crippen molar-refractivity contribution in [1.29, 1.82) is 0 Å². The van der Waals surface area contributed by atoms with Gasteiger partial charge in [-0.25, -0.2) is 4.79 Å². The van der Waals surface area contributed by atoms with Gasteiger partial charge in [-0.15, -0.1) is 11.3 Å². The van der Waals surface area contributed by atoms with Gasteiger partial charge in [-0.2, -0.15) is 0 Å². The van der Waals surface area contributed by atoms with E-state index in [9.17, 15) is 9.59 Å². The van der Waals surface area contributed by atoms with E-state index in [2.05, 4.69) is 21.2 Å². The SMILES string of the molecule is Cc1ccc(Br)cc1C(=O)Nc1ccsc1C(=O)O. The second-order valence-corrected chi connectivity index (χ2v) is 5.71. The molecule has 0 unspecified atom stereocenters. The molecule has 19 heavy (non-hydrogen) atoms. The molecular formula is C13H10BrNO3S. The number of nitrogens with one attached hydrogen (secondary N) is 1. The summed E-state index contributed by atoms with van der Waals surface area (Å²) in [5.41, 5.74) is 1.66. The maximum absolute atomic E-state index is 12.1. The van der Waals surface area contributed by atoms with Gasteiger partial charge in [0.15, 0.2) is 0 Å². The summed E-state index contributed by atoms with van der Waals surface area (Å²) in [4.78, 5) is 23.2. The highest BCUT2D eigenvalue weighted by molar-refractivity contribution is 9.10. The maximum Gasteiger partial charge on any atom is 0.348 e. The molecule has 0 bridgehead atoms. The molecule has 0 saturated heterocycles. The summed E-state index contributed by atoms with van der Waals surface area (Å²) >= 11 is 4.39. The zero-order valence-corrected chi connectivity index (χ0v) is 12.3. The van der Waals surface area contributed by atoms with Crippen LogP contribution in [0.5, 0.6) is 0 Å². The number of carboxylic acids is 1. The van der Waals surface area contributed by atoms with Crippen molar-refractivity contribution in [2.75, 3.05) is 5.32 Å². The number of carbonyl (C=O) groups is 2. The largest absolute Gasteiger partial charge is 0.477 e. The van der Waals surface area contributed by atoms with Gasteiger partial charge in [0.2, 0.25) is 0 Å². The Morgan fingerprint density at radius 2 is 2.05 bits per heavy atom. The zero-order valence-electron chi connectivity index (χ0n) is 9.94. The first kappa shape index (κ1) is 13.8. The molecule has 1 amide bonds. The molecule has 0 saturated carbocycles. The van der Waals surface area contributed by atoms with Gasteiger partial charge < -0.3 is 10.4 Å². The molecule has 1 aromatic carbocycles. The molecule has 4 nitrogen and oxygen atoms in total. The molecule has 98 valence electrons. The van der Waals surface area contributed by atoms with E-state index in [4.69, 9.17) is 5.11 Å². The van der Waals surface area contributed by atoms with E-state index in [1.165, 1.54) is 0 Å². The van der Waals surface area contributed by atoms with E-state index in [1.54, 1.807) is 17.5 Å². The van der Waals surface area contributed by atoms with E-state index in [1.807, 2.05) is 19.1 Å². The first-order chi connectivity index (χ1) is 8.99. The quantitative estimate of drug-likeness (QED) is 0.894. The van der Waals surface area contributed by atoms with Crippen molar-refractivity contribution in [3.8, 4) is 0 Å². The lowest BCUT2D eigenvalue weighted by atomic mass is 10.1. The number of amides is 1. The normalized spacial score (nSPS) is 10.2. The lowest BCUT2D eigenvalue weighted by molar-refractivity contribution is 0.0703. The van der Waals surface area contributed by atoms with E-state index >= 15 is 0 Å². The minimum atomic E-state index is -1.05. The molecule has 0 aliphatic rings. The zero-order chi connectivity index (χ0) is 14.0. The molecule has 2 aromatic rings. The van der Waals surface area contributed by atoms with Crippen molar-refractivity contribution in [3.63, 3.8) is 0 Å². The molecule has 2 rings (SSSR count). The van der Waals surface area contributed by atoms with E-state index in [0.29, 0.717) is 11.3 Å². The van der Waals surface area contributed by atoms with Crippen LogP contribution in [0.4, 0.5) is 5.69 Å². The van der Waals surface area contributed by atoms with Crippen LogP contribution >= 0.6 is 27.3 Å². The fourth-order valence-corrected chi connectivity index (χ4v) is 2.65. The van der Waals surface area contributed by atoms with Gasteiger partial charge in [0.1, 0.15) is 4.88 Å². The number of thiophene rings is 1. The van der Waals surface area contributed by atoms with Crippen LogP contribution in [0.3, 0.4) is 0 Å². The topological polar surface area (TPSA) is 66.4 Å². The number of halogens is 1. The number of anilines is 1. The van der Waals surface area contributed by atoms with Gasteiger partial charge in [0.25, 0.3) is 5.91 Å². The minimum absolute atomic E-state index is 0.126. The number of benzene rings is 1. The average molecular weight is 340 g/mol. The van der Waals surface area contributed by atoms with Gasteiger partial charge >= 0.3 is 5.97 Å². The standard InChI is InChI=1S/C13H10BrNO3S/c1-7-2-3-8(14)6-9(7)12(16)15-10-4-5-19-11(10)13(17)18/h2-6H,1H3,(H,15,16)(H,17,18). The molecule has 0 aliphatic carbocycles. The number of carboxylic acid groups (broad SMARTS) is 1. The molecule has 0 atom stereocenters. The van der Waals surface area contributed by atoms with Crippen molar-refractivity contribution in [3.05, 3.63) is 50.1 Å². The molecule has 0 fully saturated rings. The Morgan fingerprint density at radius 1 is 1.32 bits per heavy atom. The van der Waals surface area contributed by atoms with Crippen LogP contribution in [-0.4, -0.2) is 17.0 Å². The summed E-state index contributed by atoms with van der Waals surface area (Å²) in [7, 11) is 0. The maximum atomic E-state index is 12.1. The molecule has 0 spiro atoms. The first-order valence-corrected chi connectivity index (χ1v) is 7.04. The number of rotatable bonds is 3.